The molecule has 1 aromatic carbocycles. The van der Waals surface area contributed by atoms with Crippen molar-refractivity contribution in [1.82, 2.24) is 9.78 Å². The number of carbonyl (C=O) groups excluding carboxylic acids is 1. The zero-order chi connectivity index (χ0) is 14.1. The number of nitrogens with zero attached hydrogens (tertiary/aromatic N) is 2. The molecule has 1 aromatic heterocycles. The van der Waals surface area contributed by atoms with Crippen LogP contribution in [0.1, 0.15) is 12.5 Å². The Kier molecular flexibility index (Phi) is 3.18. The molecule has 104 valence electrons. The van der Waals surface area contributed by atoms with E-state index in [0.29, 0.717) is 5.82 Å². The molecule has 1 aliphatic rings. The van der Waals surface area contributed by atoms with Crippen molar-refractivity contribution < 1.29 is 4.79 Å². The molecule has 3 rings (SSSR count). The van der Waals surface area contributed by atoms with Gasteiger partial charge in [0, 0.05) is 31.0 Å². The number of aryl methyl sites for hydroxylation is 1. The van der Waals surface area contributed by atoms with Crippen LogP contribution in [0.5, 0.6) is 0 Å². The second kappa shape index (κ2) is 5.00. The monoisotopic (exact) mass is 270 g/mol. The summed E-state index contributed by atoms with van der Waals surface area (Å²) in [5, 5.41) is 10.5. The molecule has 20 heavy (non-hydrogen) atoms. The van der Waals surface area contributed by atoms with Gasteiger partial charge in [0.25, 0.3) is 0 Å². The van der Waals surface area contributed by atoms with Crippen molar-refractivity contribution in [2.75, 3.05) is 10.6 Å². The van der Waals surface area contributed by atoms with Gasteiger partial charge in [0.1, 0.15) is 0 Å². The molecule has 0 saturated heterocycles. The molecule has 1 amide bonds. The normalized spacial score (nSPS) is 20.9. The first-order valence-electron chi connectivity index (χ1n) is 6.78. The van der Waals surface area contributed by atoms with Gasteiger partial charge in [0.05, 0.1) is 5.92 Å². The zero-order valence-corrected chi connectivity index (χ0v) is 11.6. The minimum atomic E-state index is -0.0908. The summed E-state index contributed by atoms with van der Waals surface area (Å²) in [6, 6.07) is 10.0. The number of hydrogen-bond donors (Lipinski definition) is 2. The highest BCUT2D eigenvalue weighted by molar-refractivity contribution is 5.93. The average molecular weight is 270 g/mol. The topological polar surface area (TPSA) is 59.0 Å². The molecule has 0 saturated carbocycles. The van der Waals surface area contributed by atoms with E-state index in [2.05, 4.69) is 27.9 Å². The Hall–Kier alpha value is -2.30. The van der Waals surface area contributed by atoms with E-state index in [9.17, 15) is 4.79 Å². The molecule has 0 radical (unpaired) electrons. The predicted octanol–water partition coefficient (Wildman–Crippen LogP) is 2.03. The second-order valence-corrected chi connectivity index (χ2v) is 5.26. The summed E-state index contributed by atoms with van der Waals surface area (Å²) in [6.07, 6.45) is 2.57. The molecule has 2 atom stereocenters. The molecule has 1 aliphatic heterocycles. The maximum atomic E-state index is 12.4. The van der Waals surface area contributed by atoms with E-state index < -0.39 is 0 Å². The van der Waals surface area contributed by atoms with Crippen LogP contribution in [0.2, 0.25) is 0 Å². The highest BCUT2D eigenvalue weighted by Crippen LogP contribution is 2.28. The Morgan fingerprint density at radius 2 is 2.20 bits per heavy atom. The van der Waals surface area contributed by atoms with E-state index in [4.69, 9.17) is 0 Å². The average Bonchev–Trinajstić information content (AvgIpc) is 2.83. The number of fused-ring (bicyclic) bond motifs is 1. The lowest BCUT2D eigenvalue weighted by molar-refractivity contribution is -0.120. The Labute approximate surface area is 118 Å². The maximum Gasteiger partial charge on any atom is 0.231 e. The zero-order valence-electron chi connectivity index (χ0n) is 11.6. The summed E-state index contributed by atoms with van der Waals surface area (Å²) in [7, 11) is 1.83. The van der Waals surface area contributed by atoms with Crippen molar-refractivity contribution in [3.05, 3.63) is 42.1 Å². The van der Waals surface area contributed by atoms with Gasteiger partial charge < -0.3 is 10.6 Å². The van der Waals surface area contributed by atoms with Crippen LogP contribution in [-0.2, 0) is 18.3 Å². The lowest BCUT2D eigenvalue weighted by Gasteiger charge is -2.31. The van der Waals surface area contributed by atoms with Gasteiger partial charge >= 0.3 is 0 Å². The summed E-state index contributed by atoms with van der Waals surface area (Å²) >= 11 is 0. The van der Waals surface area contributed by atoms with Crippen LogP contribution in [-0.4, -0.2) is 21.7 Å². The first-order chi connectivity index (χ1) is 9.63. The van der Waals surface area contributed by atoms with E-state index in [1.54, 1.807) is 10.7 Å². The van der Waals surface area contributed by atoms with Crippen LogP contribution in [0.15, 0.2) is 36.5 Å². The Morgan fingerprint density at radius 1 is 1.40 bits per heavy atom. The fraction of sp³-hybridized carbons (Fsp3) is 0.333. The number of rotatable bonds is 2. The van der Waals surface area contributed by atoms with Crippen LogP contribution < -0.4 is 10.6 Å². The Morgan fingerprint density at radius 3 is 2.95 bits per heavy atom. The van der Waals surface area contributed by atoms with E-state index in [-0.39, 0.29) is 17.9 Å². The molecule has 5 nitrogen and oxygen atoms in total. The minimum absolute atomic E-state index is 0.0122. The van der Waals surface area contributed by atoms with Crippen molar-refractivity contribution in [2.45, 2.75) is 19.4 Å². The summed E-state index contributed by atoms with van der Waals surface area (Å²) < 4.78 is 1.67. The van der Waals surface area contributed by atoms with Crippen LogP contribution >= 0.6 is 0 Å². The molecule has 0 fully saturated rings. The van der Waals surface area contributed by atoms with E-state index >= 15 is 0 Å². The lowest BCUT2D eigenvalue weighted by Crippen LogP contribution is -2.40. The van der Waals surface area contributed by atoms with Gasteiger partial charge in [-0.1, -0.05) is 18.2 Å². The van der Waals surface area contributed by atoms with Crippen LogP contribution in [0.25, 0.3) is 0 Å². The SMILES string of the molecule is CC1Nc2ccccc2CC1C(=O)Nc1ccn(C)n1. The first kappa shape index (κ1) is 12.7. The fourth-order valence-electron chi connectivity index (χ4n) is 2.62. The first-order valence-corrected chi connectivity index (χ1v) is 6.78. The quantitative estimate of drug-likeness (QED) is 0.878. The summed E-state index contributed by atoms with van der Waals surface area (Å²) in [5.41, 5.74) is 2.31. The number of carbonyl (C=O) groups is 1. The van der Waals surface area contributed by atoms with Gasteiger partial charge in [-0.15, -0.1) is 0 Å². The minimum Gasteiger partial charge on any atom is -0.382 e. The molecule has 2 aromatic rings. The fourth-order valence-corrected chi connectivity index (χ4v) is 2.62. The number of nitrogens with one attached hydrogen (secondary N) is 2. The van der Waals surface area contributed by atoms with Gasteiger partial charge in [0.2, 0.25) is 5.91 Å². The third-order valence-corrected chi connectivity index (χ3v) is 3.75. The van der Waals surface area contributed by atoms with Crippen molar-refractivity contribution in [1.29, 1.82) is 0 Å². The van der Waals surface area contributed by atoms with Crippen molar-refractivity contribution in [3.63, 3.8) is 0 Å². The number of benzene rings is 1. The molecule has 0 spiro atoms. The third-order valence-electron chi connectivity index (χ3n) is 3.75. The van der Waals surface area contributed by atoms with E-state index in [1.165, 1.54) is 5.56 Å². The molecule has 2 unspecified atom stereocenters. The smallest absolute Gasteiger partial charge is 0.231 e. The van der Waals surface area contributed by atoms with E-state index in [0.717, 1.165) is 12.1 Å². The van der Waals surface area contributed by atoms with Crippen molar-refractivity contribution in [2.24, 2.45) is 13.0 Å². The Bertz CT molecular complexity index is 634. The van der Waals surface area contributed by atoms with Gasteiger partial charge in [-0.2, -0.15) is 5.10 Å². The van der Waals surface area contributed by atoms with Gasteiger partial charge in [-0.3, -0.25) is 9.48 Å². The highest BCUT2D eigenvalue weighted by Gasteiger charge is 2.30. The van der Waals surface area contributed by atoms with Gasteiger partial charge in [0.15, 0.2) is 5.82 Å². The molecule has 0 bridgehead atoms. The van der Waals surface area contributed by atoms with Crippen LogP contribution in [0, 0.1) is 5.92 Å². The second-order valence-electron chi connectivity index (χ2n) is 5.26. The standard InChI is InChI=1S/C15H18N4O/c1-10-12(9-11-5-3-4-6-13(11)16-10)15(20)17-14-7-8-19(2)18-14/h3-8,10,12,16H,9H2,1-2H3,(H,17,18,20). The molecule has 2 N–H and O–H groups in total. The van der Waals surface area contributed by atoms with Crippen LogP contribution in [0.4, 0.5) is 11.5 Å². The molecule has 5 heteroatoms. The van der Waals surface area contributed by atoms with Gasteiger partial charge in [-0.25, -0.2) is 0 Å². The highest BCUT2D eigenvalue weighted by atomic mass is 16.2. The molecular weight excluding hydrogens is 252 g/mol. The largest absolute Gasteiger partial charge is 0.382 e. The molecule has 2 heterocycles. The lowest BCUT2D eigenvalue weighted by atomic mass is 9.87. The maximum absolute atomic E-state index is 12.4. The van der Waals surface area contributed by atoms with Crippen molar-refractivity contribution in [3.8, 4) is 0 Å². The number of anilines is 2. The predicted molar refractivity (Wildman–Crippen MR) is 78.6 cm³/mol. The van der Waals surface area contributed by atoms with Crippen LogP contribution in [0.3, 0.4) is 0 Å². The summed E-state index contributed by atoms with van der Waals surface area (Å²) in [6.45, 7) is 2.04. The van der Waals surface area contributed by atoms with Gasteiger partial charge in [-0.05, 0) is 25.0 Å². The number of hydrogen-bond acceptors (Lipinski definition) is 3. The molecule has 0 aliphatic carbocycles. The Balaban J connectivity index is 1.75. The summed E-state index contributed by atoms with van der Waals surface area (Å²) in [4.78, 5) is 12.4. The number of amides is 1. The number of aromatic nitrogens is 2. The third kappa shape index (κ3) is 2.39. The van der Waals surface area contributed by atoms with Crippen molar-refractivity contribution >= 4 is 17.4 Å². The molecular formula is C15H18N4O. The van der Waals surface area contributed by atoms with E-state index in [1.807, 2.05) is 32.3 Å². The number of para-hydroxylation sites is 1. The summed E-state index contributed by atoms with van der Waals surface area (Å²) in [5.74, 6) is 0.522.